The summed E-state index contributed by atoms with van der Waals surface area (Å²) in [5, 5.41) is 6.90. The van der Waals surface area contributed by atoms with Gasteiger partial charge in [-0.3, -0.25) is 0 Å². The molecule has 0 aliphatic carbocycles. The summed E-state index contributed by atoms with van der Waals surface area (Å²) in [7, 11) is 0. The van der Waals surface area contributed by atoms with Crippen LogP contribution in [-0.4, -0.2) is 9.13 Å². The molecule has 3 aromatic heterocycles. The number of aromatic nitrogens is 2. The first kappa shape index (κ1) is 25.7. The highest BCUT2D eigenvalue weighted by Gasteiger charge is 2.21. The molecule has 3 heterocycles. The van der Waals surface area contributed by atoms with Gasteiger partial charge in [-0.2, -0.15) is 0 Å². The highest BCUT2D eigenvalue weighted by atomic mass is 16.3. The number of nitrogens with zero attached hydrogens (tertiary/aromatic N) is 3. The van der Waals surface area contributed by atoms with Crippen molar-refractivity contribution in [2.75, 3.05) is 0 Å². The lowest BCUT2D eigenvalue weighted by Crippen LogP contribution is -1.99. The van der Waals surface area contributed by atoms with Gasteiger partial charge in [-0.25, -0.2) is 4.85 Å². The Labute approximate surface area is 269 Å². The minimum absolute atomic E-state index is 0.594. The lowest BCUT2D eigenvalue weighted by Gasteiger charge is -2.16. The zero-order valence-corrected chi connectivity index (χ0v) is 25.2. The van der Waals surface area contributed by atoms with Crippen molar-refractivity contribution in [3.8, 4) is 22.5 Å². The first-order valence-electron chi connectivity index (χ1n) is 15.7. The van der Waals surface area contributed by atoms with E-state index in [2.05, 4.69) is 141 Å². The molecule has 0 aliphatic heterocycles. The summed E-state index contributed by atoms with van der Waals surface area (Å²) >= 11 is 0. The fourth-order valence-corrected chi connectivity index (χ4v) is 7.54. The molecule has 0 spiro atoms. The van der Waals surface area contributed by atoms with Gasteiger partial charge in [0.25, 0.3) is 0 Å². The lowest BCUT2D eigenvalue weighted by molar-refractivity contribution is 0.671. The Bertz CT molecular complexity index is 2880. The Hall–Kier alpha value is -6.57. The standard InChI is InChI=1S/C43H25N3O/c1-44-28-24-27(25-29(26-28)45-38-18-8-3-13-31(38)32-14-4-9-19-39(32)45)30-12-2-7-17-37(30)46-40-20-10-5-15-33(40)35-22-23-36-34-16-6-11-21-41(34)47-43(36)42(35)46/h2-26H. The summed E-state index contributed by atoms with van der Waals surface area (Å²) in [6, 6.07) is 52.9. The highest BCUT2D eigenvalue weighted by molar-refractivity contribution is 6.21. The maximum atomic E-state index is 8.10. The molecule has 0 fully saturated rings. The average molecular weight is 600 g/mol. The van der Waals surface area contributed by atoms with Gasteiger partial charge in [0, 0.05) is 43.6 Å². The molecule has 10 aromatic rings. The van der Waals surface area contributed by atoms with Crippen LogP contribution in [0.1, 0.15) is 0 Å². The molecule has 0 saturated carbocycles. The number of rotatable bonds is 3. The van der Waals surface area contributed by atoms with Gasteiger partial charge in [0.2, 0.25) is 0 Å². The molecule has 0 saturated heterocycles. The van der Waals surface area contributed by atoms with Crippen molar-refractivity contribution in [2.24, 2.45) is 0 Å². The molecule has 0 aliphatic rings. The third-order valence-electron chi connectivity index (χ3n) is 9.51. The van der Waals surface area contributed by atoms with Crippen LogP contribution >= 0.6 is 0 Å². The average Bonchev–Trinajstić information content (AvgIpc) is 3.79. The number of fused-ring (bicyclic) bond motifs is 10. The van der Waals surface area contributed by atoms with Crippen molar-refractivity contribution in [1.29, 1.82) is 0 Å². The summed E-state index contributed by atoms with van der Waals surface area (Å²) < 4.78 is 11.2. The zero-order valence-electron chi connectivity index (χ0n) is 25.2. The molecule has 4 nitrogen and oxygen atoms in total. The van der Waals surface area contributed by atoms with Crippen LogP contribution in [0, 0.1) is 6.57 Å². The molecule has 0 amide bonds. The van der Waals surface area contributed by atoms with E-state index in [0.717, 1.165) is 71.9 Å². The van der Waals surface area contributed by atoms with Crippen molar-refractivity contribution in [3.05, 3.63) is 163 Å². The molecule has 0 atom stereocenters. The molecule has 0 unspecified atom stereocenters. The molecule has 4 heteroatoms. The molecule has 0 N–H and O–H groups in total. The largest absolute Gasteiger partial charge is 0.454 e. The van der Waals surface area contributed by atoms with E-state index in [9.17, 15) is 0 Å². The van der Waals surface area contributed by atoms with E-state index in [1.807, 2.05) is 24.3 Å². The second-order valence-electron chi connectivity index (χ2n) is 12.0. The Morgan fingerprint density at radius 3 is 1.79 bits per heavy atom. The van der Waals surface area contributed by atoms with Crippen LogP contribution in [0.15, 0.2) is 156 Å². The van der Waals surface area contributed by atoms with Crippen LogP contribution in [0.2, 0.25) is 0 Å². The summed E-state index contributed by atoms with van der Waals surface area (Å²) in [6.07, 6.45) is 0. The first-order chi connectivity index (χ1) is 23.3. The van der Waals surface area contributed by atoms with E-state index < -0.39 is 0 Å². The van der Waals surface area contributed by atoms with Crippen LogP contribution in [0.3, 0.4) is 0 Å². The van der Waals surface area contributed by atoms with E-state index in [1.54, 1.807) is 0 Å². The van der Waals surface area contributed by atoms with Crippen molar-refractivity contribution in [1.82, 2.24) is 9.13 Å². The molecular formula is C43H25N3O. The molecule has 47 heavy (non-hydrogen) atoms. The summed E-state index contributed by atoms with van der Waals surface area (Å²) in [6.45, 7) is 8.10. The van der Waals surface area contributed by atoms with Gasteiger partial charge in [0.1, 0.15) is 5.58 Å². The van der Waals surface area contributed by atoms with E-state index in [-0.39, 0.29) is 0 Å². The first-order valence-corrected chi connectivity index (χ1v) is 15.7. The van der Waals surface area contributed by atoms with Crippen LogP contribution in [0.25, 0.3) is 92.9 Å². The molecule has 0 bridgehead atoms. The van der Waals surface area contributed by atoms with E-state index >= 15 is 0 Å². The molecule has 7 aromatic carbocycles. The van der Waals surface area contributed by atoms with Crippen LogP contribution in [0.5, 0.6) is 0 Å². The predicted molar refractivity (Wildman–Crippen MR) is 194 cm³/mol. The van der Waals surface area contributed by atoms with E-state index in [4.69, 9.17) is 11.0 Å². The SMILES string of the molecule is [C-]#[N+]c1cc(-c2ccccc2-n2c3ccccc3c3ccc4c5ccccc5oc4c32)cc(-n2c3ccccc3c3ccccc32)c1. The number of hydrogen-bond donors (Lipinski definition) is 0. The second kappa shape index (κ2) is 9.71. The zero-order chi connectivity index (χ0) is 31.1. The Morgan fingerprint density at radius 2 is 1.06 bits per heavy atom. The fourth-order valence-electron chi connectivity index (χ4n) is 7.54. The Balaban J connectivity index is 1.29. The predicted octanol–water partition coefficient (Wildman–Crippen LogP) is 12.0. The van der Waals surface area contributed by atoms with Crippen molar-refractivity contribution >= 4 is 71.2 Å². The van der Waals surface area contributed by atoms with Gasteiger partial charge < -0.3 is 13.6 Å². The van der Waals surface area contributed by atoms with Gasteiger partial charge in [0.05, 0.1) is 34.3 Å². The minimum atomic E-state index is 0.594. The third-order valence-corrected chi connectivity index (χ3v) is 9.51. The second-order valence-corrected chi connectivity index (χ2v) is 12.0. The van der Waals surface area contributed by atoms with Crippen molar-refractivity contribution in [3.63, 3.8) is 0 Å². The van der Waals surface area contributed by atoms with Crippen molar-refractivity contribution in [2.45, 2.75) is 0 Å². The van der Waals surface area contributed by atoms with E-state index in [1.165, 1.54) is 16.2 Å². The maximum Gasteiger partial charge on any atom is 0.189 e. The topological polar surface area (TPSA) is 27.4 Å². The normalized spacial score (nSPS) is 11.8. The van der Waals surface area contributed by atoms with Gasteiger partial charge in [-0.1, -0.05) is 97.1 Å². The third kappa shape index (κ3) is 3.63. The molecule has 0 radical (unpaired) electrons. The van der Waals surface area contributed by atoms with Crippen molar-refractivity contribution < 1.29 is 4.42 Å². The van der Waals surface area contributed by atoms with E-state index in [0.29, 0.717) is 5.69 Å². The van der Waals surface area contributed by atoms with Gasteiger partial charge in [-0.15, -0.1) is 0 Å². The summed E-state index contributed by atoms with van der Waals surface area (Å²) in [4.78, 5) is 3.96. The maximum absolute atomic E-state index is 8.10. The molecule has 10 rings (SSSR count). The van der Waals surface area contributed by atoms with Crippen LogP contribution < -0.4 is 0 Å². The number of hydrogen-bond acceptors (Lipinski definition) is 1. The highest BCUT2D eigenvalue weighted by Crippen LogP contribution is 2.43. The number of benzene rings is 7. The quantitative estimate of drug-likeness (QED) is 0.186. The van der Waals surface area contributed by atoms with Gasteiger partial charge in [0.15, 0.2) is 11.3 Å². The summed E-state index contributed by atoms with van der Waals surface area (Å²) in [5.74, 6) is 0. The molecule has 218 valence electrons. The van der Waals surface area contributed by atoms with Crippen LogP contribution in [0.4, 0.5) is 5.69 Å². The Kier molecular flexibility index (Phi) is 5.32. The molecular weight excluding hydrogens is 574 g/mol. The fraction of sp³-hybridized carbons (Fsp3) is 0. The summed E-state index contributed by atoms with van der Waals surface area (Å²) in [5.41, 5.74) is 10.7. The van der Waals surface area contributed by atoms with Crippen LogP contribution in [-0.2, 0) is 0 Å². The van der Waals surface area contributed by atoms with Gasteiger partial charge in [-0.05, 0) is 60.2 Å². The monoisotopic (exact) mass is 599 g/mol. The van der Waals surface area contributed by atoms with Gasteiger partial charge >= 0.3 is 0 Å². The number of furan rings is 1. The number of para-hydroxylation sites is 5. The minimum Gasteiger partial charge on any atom is -0.454 e. The lowest BCUT2D eigenvalue weighted by atomic mass is 10.0. The Morgan fingerprint density at radius 1 is 0.489 bits per heavy atom. The smallest absolute Gasteiger partial charge is 0.189 e.